The Kier molecular flexibility index (Phi) is 5.72. The van der Waals surface area contributed by atoms with Crippen LogP contribution in [0.1, 0.15) is 45.9 Å². The van der Waals surface area contributed by atoms with Gasteiger partial charge in [-0.25, -0.2) is 0 Å². The molecule has 1 aromatic rings. The summed E-state index contributed by atoms with van der Waals surface area (Å²) < 4.78 is 5.53. The molecule has 98 valence electrons. The molecule has 0 bridgehead atoms. The fourth-order valence-corrected chi connectivity index (χ4v) is 2.20. The summed E-state index contributed by atoms with van der Waals surface area (Å²) in [6.45, 7) is 10.8. The van der Waals surface area contributed by atoms with E-state index in [-0.39, 0.29) is 12.1 Å². The van der Waals surface area contributed by atoms with Gasteiger partial charge in [-0.2, -0.15) is 0 Å². The van der Waals surface area contributed by atoms with Crippen molar-refractivity contribution >= 4 is 0 Å². The molecule has 1 aromatic heterocycles. The quantitative estimate of drug-likeness (QED) is 0.794. The van der Waals surface area contributed by atoms with Crippen LogP contribution in [0.25, 0.3) is 0 Å². The van der Waals surface area contributed by atoms with Crippen LogP contribution in [-0.4, -0.2) is 24.0 Å². The summed E-state index contributed by atoms with van der Waals surface area (Å²) in [6, 6.07) is 4.21. The number of rotatable bonds is 7. The molecule has 0 spiro atoms. The highest BCUT2D eigenvalue weighted by atomic mass is 16.3. The maximum Gasteiger partial charge on any atom is 0.122 e. The summed E-state index contributed by atoms with van der Waals surface area (Å²) >= 11 is 0. The molecule has 3 atom stereocenters. The van der Waals surface area contributed by atoms with Gasteiger partial charge >= 0.3 is 0 Å². The summed E-state index contributed by atoms with van der Waals surface area (Å²) in [5, 5.41) is 0. The third kappa shape index (κ3) is 3.86. The van der Waals surface area contributed by atoms with Crippen molar-refractivity contribution in [3.8, 4) is 0 Å². The Labute approximate surface area is 105 Å². The van der Waals surface area contributed by atoms with Crippen molar-refractivity contribution in [2.24, 2.45) is 11.7 Å². The second kappa shape index (κ2) is 6.82. The van der Waals surface area contributed by atoms with Gasteiger partial charge in [0.1, 0.15) is 5.76 Å². The summed E-state index contributed by atoms with van der Waals surface area (Å²) in [7, 11) is 0. The van der Waals surface area contributed by atoms with Crippen LogP contribution in [0.3, 0.4) is 0 Å². The van der Waals surface area contributed by atoms with Gasteiger partial charge in [0.2, 0.25) is 0 Å². The fourth-order valence-electron chi connectivity index (χ4n) is 2.20. The summed E-state index contributed by atoms with van der Waals surface area (Å²) in [4.78, 5) is 2.41. The molecule has 0 radical (unpaired) electrons. The average Bonchev–Trinajstić information content (AvgIpc) is 2.80. The van der Waals surface area contributed by atoms with Gasteiger partial charge in [-0.05, 0) is 31.5 Å². The lowest BCUT2D eigenvalue weighted by molar-refractivity contribution is 0.141. The molecule has 1 rings (SSSR count). The van der Waals surface area contributed by atoms with Gasteiger partial charge in [-0.3, -0.25) is 4.90 Å². The van der Waals surface area contributed by atoms with E-state index in [2.05, 4.69) is 25.7 Å². The molecule has 0 saturated carbocycles. The Balaban J connectivity index is 2.80. The molecule has 0 aliphatic carbocycles. The third-order valence-corrected chi connectivity index (χ3v) is 3.38. The molecule has 3 unspecified atom stereocenters. The van der Waals surface area contributed by atoms with Crippen LogP contribution < -0.4 is 5.73 Å². The van der Waals surface area contributed by atoms with E-state index in [0.717, 1.165) is 18.8 Å². The number of likely N-dealkylation sites (N-methyl/N-ethyl adjacent to an activating group) is 1. The summed E-state index contributed by atoms with van der Waals surface area (Å²) in [5.41, 5.74) is 6.12. The lowest BCUT2D eigenvalue weighted by Gasteiger charge is -2.33. The Morgan fingerprint density at radius 1 is 1.35 bits per heavy atom. The van der Waals surface area contributed by atoms with E-state index in [1.807, 2.05) is 19.1 Å². The average molecular weight is 238 g/mol. The Bertz CT molecular complexity index is 295. The first-order valence-electron chi connectivity index (χ1n) is 6.63. The lowest BCUT2D eigenvalue weighted by atomic mass is 10.0. The first-order valence-corrected chi connectivity index (χ1v) is 6.63. The van der Waals surface area contributed by atoms with Crippen molar-refractivity contribution in [2.45, 2.75) is 46.2 Å². The molecule has 2 N–H and O–H groups in total. The second-order valence-electron chi connectivity index (χ2n) is 4.92. The third-order valence-electron chi connectivity index (χ3n) is 3.38. The maximum absolute atomic E-state index is 6.12. The van der Waals surface area contributed by atoms with Crippen LogP contribution in [0.4, 0.5) is 0 Å². The predicted molar refractivity (Wildman–Crippen MR) is 71.8 cm³/mol. The van der Waals surface area contributed by atoms with Crippen LogP contribution in [0.15, 0.2) is 22.8 Å². The largest absolute Gasteiger partial charge is 0.468 e. The molecule has 0 saturated heterocycles. The van der Waals surface area contributed by atoms with Crippen molar-refractivity contribution in [2.75, 3.05) is 13.1 Å². The van der Waals surface area contributed by atoms with Gasteiger partial charge < -0.3 is 10.2 Å². The molecular weight excluding hydrogens is 212 g/mol. The molecule has 3 nitrogen and oxygen atoms in total. The normalized spacial score (nSPS) is 17.1. The highest BCUT2D eigenvalue weighted by Crippen LogP contribution is 2.25. The molecule has 0 aliphatic rings. The van der Waals surface area contributed by atoms with Crippen LogP contribution in [0.5, 0.6) is 0 Å². The Morgan fingerprint density at radius 2 is 2.06 bits per heavy atom. The number of nitrogens with zero attached hydrogens (tertiary/aromatic N) is 1. The zero-order chi connectivity index (χ0) is 12.8. The highest BCUT2D eigenvalue weighted by Gasteiger charge is 2.26. The SMILES string of the molecule is CCC(C)CN(CC)C(c1ccco1)C(C)N. The fraction of sp³-hybridized carbons (Fsp3) is 0.714. The Hall–Kier alpha value is -0.800. The molecule has 17 heavy (non-hydrogen) atoms. The van der Waals surface area contributed by atoms with Crippen molar-refractivity contribution < 1.29 is 4.42 Å². The molecule has 0 fully saturated rings. The number of hydrogen-bond acceptors (Lipinski definition) is 3. The van der Waals surface area contributed by atoms with Crippen LogP contribution in [-0.2, 0) is 0 Å². The summed E-state index contributed by atoms with van der Waals surface area (Å²) in [5.74, 6) is 1.66. The zero-order valence-corrected chi connectivity index (χ0v) is 11.5. The minimum absolute atomic E-state index is 0.0742. The summed E-state index contributed by atoms with van der Waals surface area (Å²) in [6.07, 6.45) is 2.92. The van der Waals surface area contributed by atoms with E-state index in [1.54, 1.807) is 6.26 Å². The van der Waals surface area contributed by atoms with Gasteiger partial charge in [-0.1, -0.05) is 27.2 Å². The number of hydrogen-bond donors (Lipinski definition) is 1. The zero-order valence-electron chi connectivity index (χ0n) is 11.5. The predicted octanol–water partition coefficient (Wildman–Crippen LogP) is 3.04. The van der Waals surface area contributed by atoms with Crippen molar-refractivity contribution in [3.05, 3.63) is 24.2 Å². The van der Waals surface area contributed by atoms with Gasteiger partial charge in [-0.15, -0.1) is 0 Å². The van der Waals surface area contributed by atoms with Gasteiger partial charge in [0.15, 0.2) is 0 Å². The molecule has 1 heterocycles. The molecule has 3 heteroatoms. The van der Waals surface area contributed by atoms with Crippen LogP contribution in [0, 0.1) is 5.92 Å². The Morgan fingerprint density at radius 3 is 2.47 bits per heavy atom. The molecular formula is C14H26N2O. The number of furan rings is 1. The van der Waals surface area contributed by atoms with Gasteiger partial charge in [0.05, 0.1) is 12.3 Å². The van der Waals surface area contributed by atoms with E-state index in [0.29, 0.717) is 5.92 Å². The van der Waals surface area contributed by atoms with Crippen molar-refractivity contribution in [1.82, 2.24) is 4.90 Å². The van der Waals surface area contributed by atoms with E-state index in [4.69, 9.17) is 10.2 Å². The number of nitrogens with two attached hydrogens (primary N) is 1. The lowest BCUT2D eigenvalue weighted by Crippen LogP contribution is -2.41. The van der Waals surface area contributed by atoms with E-state index >= 15 is 0 Å². The first-order chi connectivity index (χ1) is 8.10. The minimum atomic E-state index is 0.0742. The molecule has 0 aromatic carbocycles. The first kappa shape index (κ1) is 14.3. The van der Waals surface area contributed by atoms with Gasteiger partial charge in [0, 0.05) is 12.6 Å². The topological polar surface area (TPSA) is 42.4 Å². The standard InChI is InChI=1S/C14H26N2O/c1-5-11(3)10-16(6-2)14(12(4)15)13-8-7-9-17-13/h7-9,11-12,14H,5-6,10,15H2,1-4H3. The molecule has 0 amide bonds. The van der Waals surface area contributed by atoms with Crippen molar-refractivity contribution in [1.29, 1.82) is 0 Å². The minimum Gasteiger partial charge on any atom is -0.468 e. The maximum atomic E-state index is 6.12. The van der Waals surface area contributed by atoms with E-state index < -0.39 is 0 Å². The monoisotopic (exact) mass is 238 g/mol. The van der Waals surface area contributed by atoms with Gasteiger partial charge in [0.25, 0.3) is 0 Å². The van der Waals surface area contributed by atoms with Crippen LogP contribution in [0.2, 0.25) is 0 Å². The second-order valence-corrected chi connectivity index (χ2v) is 4.92. The van der Waals surface area contributed by atoms with E-state index in [1.165, 1.54) is 6.42 Å². The van der Waals surface area contributed by atoms with Crippen LogP contribution >= 0.6 is 0 Å². The van der Waals surface area contributed by atoms with Crippen molar-refractivity contribution in [3.63, 3.8) is 0 Å². The van der Waals surface area contributed by atoms with E-state index in [9.17, 15) is 0 Å². The molecule has 0 aliphatic heterocycles. The smallest absolute Gasteiger partial charge is 0.122 e. The highest BCUT2D eigenvalue weighted by molar-refractivity contribution is 5.07.